The number of nitrogens with one attached hydrogen (secondary N) is 1. The SMILES string of the molecule is CC(C)C(N)C(=O)Oc1ccccc1/N=N/c1ccc(NC(=O)[C@@H](N)CCCCN)nc1N. The summed E-state index contributed by atoms with van der Waals surface area (Å²) in [6, 6.07) is 8.34. The Balaban J connectivity index is 2.08. The van der Waals surface area contributed by atoms with E-state index in [-0.39, 0.29) is 34.9 Å². The minimum Gasteiger partial charge on any atom is -0.423 e. The van der Waals surface area contributed by atoms with Crippen molar-refractivity contribution in [3.05, 3.63) is 36.4 Å². The summed E-state index contributed by atoms with van der Waals surface area (Å²) in [6.07, 6.45) is 2.09. The molecule has 0 aliphatic carbocycles. The number of rotatable bonds is 11. The molecule has 1 amide bonds. The van der Waals surface area contributed by atoms with Crippen LogP contribution >= 0.6 is 0 Å². The molecule has 0 saturated carbocycles. The quantitative estimate of drug-likeness (QED) is 0.147. The zero-order valence-electron chi connectivity index (χ0n) is 18.9. The predicted octanol–water partition coefficient (Wildman–Crippen LogP) is 2.36. The van der Waals surface area contributed by atoms with Crippen molar-refractivity contribution >= 4 is 34.9 Å². The van der Waals surface area contributed by atoms with Gasteiger partial charge in [0.25, 0.3) is 0 Å². The highest BCUT2D eigenvalue weighted by molar-refractivity contribution is 5.94. The van der Waals surface area contributed by atoms with Crippen molar-refractivity contribution < 1.29 is 14.3 Å². The van der Waals surface area contributed by atoms with Crippen LogP contribution in [0.1, 0.15) is 33.1 Å². The van der Waals surface area contributed by atoms with E-state index in [2.05, 4.69) is 20.5 Å². The summed E-state index contributed by atoms with van der Waals surface area (Å²) in [5, 5.41) is 10.9. The standard InChI is InChI=1S/C22H32N8O3/c1-13(2)19(25)22(32)33-17-9-4-3-8-15(17)29-30-16-10-11-18(27-20(16)26)28-21(31)14(24)7-5-6-12-23/h3-4,8-11,13-14,19H,5-7,12,23-25H2,1-2H3,(H3,26,27,28,31)/b30-29+/t14-,19?/m0/s1. The minimum absolute atomic E-state index is 0.0598. The molecule has 0 radical (unpaired) electrons. The maximum atomic E-state index is 12.2. The van der Waals surface area contributed by atoms with E-state index in [0.29, 0.717) is 18.7 Å². The maximum absolute atomic E-state index is 12.2. The first kappa shape index (κ1) is 25.8. The fraction of sp³-hybridized carbons (Fsp3) is 0.409. The average molecular weight is 457 g/mol. The van der Waals surface area contributed by atoms with Gasteiger partial charge in [-0.2, -0.15) is 0 Å². The van der Waals surface area contributed by atoms with E-state index in [0.717, 1.165) is 12.8 Å². The first-order valence-electron chi connectivity index (χ1n) is 10.7. The van der Waals surface area contributed by atoms with Crippen molar-refractivity contribution in [3.8, 4) is 5.75 Å². The Labute approximate surface area is 193 Å². The molecule has 0 bridgehead atoms. The Kier molecular flexibility index (Phi) is 9.85. The Bertz CT molecular complexity index is 980. The van der Waals surface area contributed by atoms with Crippen molar-refractivity contribution in [1.29, 1.82) is 0 Å². The number of aromatic nitrogens is 1. The molecule has 1 aromatic carbocycles. The van der Waals surface area contributed by atoms with Crippen LogP contribution in [0.4, 0.5) is 23.0 Å². The van der Waals surface area contributed by atoms with E-state index in [1.165, 1.54) is 0 Å². The van der Waals surface area contributed by atoms with Crippen LogP contribution in [-0.4, -0.2) is 35.5 Å². The Morgan fingerprint density at radius 2 is 1.76 bits per heavy atom. The van der Waals surface area contributed by atoms with Crippen molar-refractivity contribution in [2.24, 2.45) is 33.3 Å². The van der Waals surface area contributed by atoms with Crippen LogP contribution in [0.25, 0.3) is 0 Å². The van der Waals surface area contributed by atoms with Gasteiger partial charge in [-0.05, 0) is 49.6 Å². The molecule has 0 fully saturated rings. The van der Waals surface area contributed by atoms with Gasteiger partial charge < -0.3 is 33.0 Å². The third-order valence-corrected chi connectivity index (χ3v) is 4.79. The molecule has 0 aliphatic heterocycles. The monoisotopic (exact) mass is 456 g/mol. The Hall–Kier alpha value is -3.41. The second-order valence-electron chi connectivity index (χ2n) is 7.84. The van der Waals surface area contributed by atoms with Crippen molar-refractivity contribution in [2.75, 3.05) is 17.6 Å². The van der Waals surface area contributed by atoms with Crippen LogP contribution in [0, 0.1) is 5.92 Å². The molecule has 0 spiro atoms. The van der Waals surface area contributed by atoms with Gasteiger partial charge in [-0.25, -0.2) is 9.78 Å². The van der Waals surface area contributed by atoms with Crippen molar-refractivity contribution in [1.82, 2.24) is 4.98 Å². The Morgan fingerprint density at radius 3 is 2.42 bits per heavy atom. The number of para-hydroxylation sites is 1. The van der Waals surface area contributed by atoms with Crippen LogP contribution in [0.3, 0.4) is 0 Å². The van der Waals surface area contributed by atoms with E-state index in [9.17, 15) is 9.59 Å². The average Bonchev–Trinajstić information content (AvgIpc) is 2.78. The maximum Gasteiger partial charge on any atom is 0.328 e. The third-order valence-electron chi connectivity index (χ3n) is 4.79. The van der Waals surface area contributed by atoms with E-state index >= 15 is 0 Å². The van der Waals surface area contributed by atoms with E-state index in [1.807, 2.05) is 13.8 Å². The number of hydrogen-bond donors (Lipinski definition) is 5. The predicted molar refractivity (Wildman–Crippen MR) is 127 cm³/mol. The number of pyridine rings is 1. The summed E-state index contributed by atoms with van der Waals surface area (Å²) in [4.78, 5) is 28.5. The van der Waals surface area contributed by atoms with Crippen molar-refractivity contribution in [2.45, 2.75) is 45.2 Å². The van der Waals surface area contributed by atoms with E-state index in [4.69, 9.17) is 27.7 Å². The second kappa shape index (κ2) is 12.6. The van der Waals surface area contributed by atoms with E-state index in [1.54, 1.807) is 36.4 Å². The number of benzene rings is 1. The molecule has 2 aromatic rings. The number of hydrogen-bond acceptors (Lipinski definition) is 10. The molecule has 0 aliphatic rings. The third kappa shape index (κ3) is 7.90. The van der Waals surface area contributed by atoms with Gasteiger partial charge in [0.2, 0.25) is 5.91 Å². The molecule has 1 aromatic heterocycles. The van der Waals surface area contributed by atoms with Crippen LogP contribution in [-0.2, 0) is 9.59 Å². The number of amides is 1. The number of anilines is 2. The van der Waals surface area contributed by atoms with Gasteiger partial charge in [-0.1, -0.05) is 32.4 Å². The molecular formula is C22H32N8O3. The molecule has 33 heavy (non-hydrogen) atoms. The highest BCUT2D eigenvalue weighted by Gasteiger charge is 2.20. The first-order valence-corrected chi connectivity index (χ1v) is 10.7. The summed E-state index contributed by atoms with van der Waals surface area (Å²) in [6.45, 7) is 4.21. The highest BCUT2D eigenvalue weighted by Crippen LogP contribution is 2.31. The number of carbonyl (C=O) groups excluding carboxylic acids is 2. The molecule has 2 rings (SSSR count). The largest absolute Gasteiger partial charge is 0.423 e. The molecule has 11 heteroatoms. The zero-order valence-corrected chi connectivity index (χ0v) is 18.9. The van der Waals surface area contributed by atoms with Crippen LogP contribution in [0.15, 0.2) is 46.6 Å². The Morgan fingerprint density at radius 1 is 1.06 bits per heavy atom. The fourth-order valence-electron chi connectivity index (χ4n) is 2.66. The highest BCUT2D eigenvalue weighted by atomic mass is 16.5. The van der Waals surface area contributed by atoms with Gasteiger partial charge in [-0.3, -0.25) is 4.79 Å². The summed E-state index contributed by atoms with van der Waals surface area (Å²) in [7, 11) is 0. The molecule has 0 saturated heterocycles. The van der Waals surface area contributed by atoms with Gasteiger partial charge in [0.05, 0.1) is 6.04 Å². The number of nitrogen functional groups attached to an aromatic ring is 1. The topological polar surface area (TPSA) is 197 Å². The summed E-state index contributed by atoms with van der Waals surface area (Å²) in [5.41, 5.74) is 23.7. The minimum atomic E-state index is -0.758. The summed E-state index contributed by atoms with van der Waals surface area (Å²) < 4.78 is 5.38. The number of esters is 1. The number of ether oxygens (including phenoxy) is 1. The first-order chi connectivity index (χ1) is 15.7. The molecule has 9 N–H and O–H groups in total. The van der Waals surface area contributed by atoms with Crippen molar-refractivity contribution in [3.63, 3.8) is 0 Å². The zero-order chi connectivity index (χ0) is 24.4. The molecule has 11 nitrogen and oxygen atoms in total. The molecule has 178 valence electrons. The lowest BCUT2D eigenvalue weighted by Crippen LogP contribution is -2.38. The molecule has 1 heterocycles. The lowest BCUT2D eigenvalue weighted by Gasteiger charge is -2.14. The van der Waals surface area contributed by atoms with Gasteiger partial charge in [0.1, 0.15) is 23.2 Å². The van der Waals surface area contributed by atoms with Gasteiger partial charge in [0.15, 0.2) is 11.6 Å². The van der Waals surface area contributed by atoms with Gasteiger partial charge in [0, 0.05) is 0 Å². The van der Waals surface area contributed by atoms with Gasteiger partial charge in [-0.15, -0.1) is 10.2 Å². The number of nitrogens with two attached hydrogens (primary N) is 4. The van der Waals surface area contributed by atoms with Crippen LogP contribution in [0.2, 0.25) is 0 Å². The number of carbonyl (C=O) groups is 2. The number of unbranched alkanes of at least 4 members (excludes halogenated alkanes) is 1. The van der Waals surface area contributed by atoms with E-state index < -0.39 is 18.1 Å². The number of azo groups is 1. The normalized spacial score (nSPS) is 13.2. The van der Waals surface area contributed by atoms with Gasteiger partial charge >= 0.3 is 5.97 Å². The lowest BCUT2D eigenvalue weighted by atomic mass is 10.1. The molecular weight excluding hydrogens is 424 g/mol. The fourth-order valence-corrected chi connectivity index (χ4v) is 2.66. The smallest absolute Gasteiger partial charge is 0.328 e. The molecule has 2 atom stereocenters. The van der Waals surface area contributed by atoms with Crippen LogP contribution < -0.4 is 33.0 Å². The summed E-state index contributed by atoms with van der Waals surface area (Å²) >= 11 is 0. The second-order valence-corrected chi connectivity index (χ2v) is 7.84. The number of nitrogens with zero attached hydrogens (tertiary/aromatic N) is 3. The molecule has 1 unspecified atom stereocenters. The van der Waals surface area contributed by atoms with Crippen LogP contribution in [0.5, 0.6) is 5.75 Å². The lowest BCUT2D eigenvalue weighted by molar-refractivity contribution is -0.136. The summed E-state index contributed by atoms with van der Waals surface area (Å²) in [5.74, 6) is -0.455.